The second kappa shape index (κ2) is 7.00. The summed E-state index contributed by atoms with van der Waals surface area (Å²) in [6.45, 7) is 6.36. The maximum Gasteiger partial charge on any atom is 0.263 e. The van der Waals surface area contributed by atoms with E-state index >= 15 is 0 Å². The van der Waals surface area contributed by atoms with Crippen LogP contribution in [0.15, 0.2) is 42.7 Å². The Kier molecular flexibility index (Phi) is 4.79. The first-order valence-electron chi connectivity index (χ1n) is 8.69. The fourth-order valence-electron chi connectivity index (χ4n) is 3.13. The average molecular weight is 320 g/mol. The van der Waals surface area contributed by atoms with Crippen LogP contribution in [-0.2, 0) is 0 Å². The van der Waals surface area contributed by atoms with Crippen molar-refractivity contribution >= 4 is 17.3 Å². The third-order valence-corrected chi connectivity index (χ3v) is 4.63. The first-order valence-corrected chi connectivity index (χ1v) is 8.69. The molecule has 1 amide bonds. The molecule has 3 nitrogen and oxygen atoms in total. The molecule has 2 heterocycles. The van der Waals surface area contributed by atoms with Gasteiger partial charge in [0.1, 0.15) is 0 Å². The molecule has 0 fully saturated rings. The topological polar surface area (TPSA) is 33.2 Å². The molecular weight excluding hydrogens is 296 g/mol. The largest absolute Gasteiger partial charge is 0.275 e. The molecule has 0 bridgehead atoms. The summed E-state index contributed by atoms with van der Waals surface area (Å²) in [6.07, 6.45) is 10.2. The van der Waals surface area contributed by atoms with Gasteiger partial charge in [-0.05, 0) is 62.1 Å². The standard InChI is InChI=1S/C21H24N2O/c1-4-5-6-7-10-20-18-12-15(2)16(3)13-19(18)21(24)23(20)17-9-8-11-22-14-17/h8-14H,4-7H2,1-3H3/b20-10+. The zero-order valence-corrected chi connectivity index (χ0v) is 14.7. The summed E-state index contributed by atoms with van der Waals surface area (Å²) in [5.41, 5.74) is 6.04. The highest BCUT2D eigenvalue weighted by atomic mass is 16.2. The van der Waals surface area contributed by atoms with Crippen LogP contribution in [-0.4, -0.2) is 10.9 Å². The first-order chi connectivity index (χ1) is 11.6. The normalized spacial score (nSPS) is 15.2. The molecule has 2 aromatic rings. The molecule has 0 radical (unpaired) electrons. The molecule has 1 aliphatic heterocycles. The predicted octanol–water partition coefficient (Wildman–Crippen LogP) is 5.28. The van der Waals surface area contributed by atoms with Crippen molar-refractivity contribution in [1.29, 1.82) is 0 Å². The third kappa shape index (κ3) is 2.99. The van der Waals surface area contributed by atoms with Crippen LogP contribution in [0.4, 0.5) is 5.69 Å². The van der Waals surface area contributed by atoms with Crippen LogP contribution in [0.3, 0.4) is 0 Å². The molecule has 3 rings (SSSR count). The molecule has 1 aromatic heterocycles. The number of rotatable bonds is 5. The summed E-state index contributed by atoms with van der Waals surface area (Å²) >= 11 is 0. The molecular formula is C21H24N2O. The summed E-state index contributed by atoms with van der Waals surface area (Å²) in [5, 5.41) is 0. The molecule has 0 N–H and O–H groups in total. The lowest BCUT2D eigenvalue weighted by atomic mass is 10.00. The van der Waals surface area contributed by atoms with Gasteiger partial charge in [0.15, 0.2) is 0 Å². The van der Waals surface area contributed by atoms with Crippen molar-refractivity contribution in [2.75, 3.05) is 4.90 Å². The zero-order chi connectivity index (χ0) is 17.1. The van der Waals surface area contributed by atoms with E-state index < -0.39 is 0 Å². The van der Waals surface area contributed by atoms with Crippen molar-refractivity contribution in [2.24, 2.45) is 0 Å². The number of unbranched alkanes of at least 4 members (excludes halogenated alkanes) is 3. The number of nitrogens with zero attached hydrogens (tertiary/aromatic N) is 2. The Labute approximate surface area is 144 Å². The molecule has 0 saturated heterocycles. The molecule has 0 saturated carbocycles. The molecule has 0 unspecified atom stereocenters. The molecule has 24 heavy (non-hydrogen) atoms. The molecule has 0 aliphatic carbocycles. The van der Waals surface area contributed by atoms with E-state index in [0.717, 1.165) is 40.9 Å². The quantitative estimate of drug-likeness (QED) is 0.702. The van der Waals surface area contributed by atoms with Crippen molar-refractivity contribution in [3.05, 3.63) is 65.0 Å². The number of carbonyl (C=O) groups excluding carboxylic acids is 1. The average Bonchev–Trinajstić information content (AvgIpc) is 2.85. The van der Waals surface area contributed by atoms with Crippen LogP contribution in [0.2, 0.25) is 0 Å². The van der Waals surface area contributed by atoms with E-state index in [4.69, 9.17) is 0 Å². The summed E-state index contributed by atoms with van der Waals surface area (Å²) in [7, 11) is 0. The number of amides is 1. The molecule has 3 heteroatoms. The Hall–Kier alpha value is -2.42. The Bertz CT molecular complexity index is 778. The lowest BCUT2D eigenvalue weighted by molar-refractivity contribution is 0.101. The molecule has 0 atom stereocenters. The highest BCUT2D eigenvalue weighted by molar-refractivity contribution is 6.22. The number of fused-ring (bicyclic) bond motifs is 1. The van der Waals surface area contributed by atoms with Gasteiger partial charge in [-0.1, -0.05) is 25.8 Å². The SMILES string of the molecule is CCCCC/C=C1\c2cc(C)c(C)cc2C(=O)N1c1cccnc1. The highest BCUT2D eigenvalue weighted by Crippen LogP contribution is 2.38. The molecule has 1 aromatic carbocycles. The Morgan fingerprint density at radius 3 is 2.54 bits per heavy atom. The van der Waals surface area contributed by atoms with Crippen LogP contribution in [0.5, 0.6) is 0 Å². The van der Waals surface area contributed by atoms with Crippen LogP contribution in [0.25, 0.3) is 5.70 Å². The van der Waals surface area contributed by atoms with Gasteiger partial charge in [0.05, 0.1) is 17.6 Å². The Morgan fingerprint density at radius 2 is 1.88 bits per heavy atom. The Balaban J connectivity index is 2.06. The summed E-state index contributed by atoms with van der Waals surface area (Å²) in [4.78, 5) is 19.0. The van der Waals surface area contributed by atoms with E-state index in [2.05, 4.69) is 37.9 Å². The molecule has 0 spiro atoms. The number of aromatic nitrogens is 1. The van der Waals surface area contributed by atoms with Crippen LogP contribution < -0.4 is 4.90 Å². The van der Waals surface area contributed by atoms with Crippen LogP contribution >= 0.6 is 0 Å². The fraction of sp³-hybridized carbons (Fsp3) is 0.333. The van der Waals surface area contributed by atoms with Gasteiger partial charge in [0.2, 0.25) is 0 Å². The van der Waals surface area contributed by atoms with Gasteiger partial charge in [-0.15, -0.1) is 0 Å². The first kappa shape index (κ1) is 16.4. The van der Waals surface area contributed by atoms with Gasteiger partial charge >= 0.3 is 0 Å². The predicted molar refractivity (Wildman–Crippen MR) is 99.1 cm³/mol. The summed E-state index contributed by atoms with van der Waals surface area (Å²) in [6, 6.07) is 7.97. The van der Waals surface area contributed by atoms with E-state index in [1.165, 1.54) is 18.4 Å². The van der Waals surface area contributed by atoms with Crippen molar-refractivity contribution in [3.8, 4) is 0 Å². The third-order valence-electron chi connectivity index (χ3n) is 4.63. The van der Waals surface area contributed by atoms with Gasteiger partial charge in [-0.25, -0.2) is 0 Å². The number of pyridine rings is 1. The second-order valence-electron chi connectivity index (χ2n) is 6.42. The van der Waals surface area contributed by atoms with Crippen molar-refractivity contribution in [2.45, 2.75) is 46.5 Å². The van der Waals surface area contributed by atoms with E-state index in [1.807, 2.05) is 23.1 Å². The number of benzene rings is 1. The number of anilines is 1. The van der Waals surface area contributed by atoms with E-state index in [-0.39, 0.29) is 5.91 Å². The van der Waals surface area contributed by atoms with Gasteiger partial charge < -0.3 is 0 Å². The van der Waals surface area contributed by atoms with Crippen molar-refractivity contribution in [1.82, 2.24) is 4.98 Å². The zero-order valence-electron chi connectivity index (χ0n) is 14.7. The van der Waals surface area contributed by atoms with Gasteiger partial charge in [0.25, 0.3) is 5.91 Å². The van der Waals surface area contributed by atoms with E-state index in [9.17, 15) is 4.79 Å². The lowest BCUT2D eigenvalue weighted by Crippen LogP contribution is -2.22. The van der Waals surface area contributed by atoms with E-state index in [1.54, 1.807) is 12.4 Å². The fourth-order valence-corrected chi connectivity index (χ4v) is 3.13. The minimum absolute atomic E-state index is 0.0443. The number of aryl methyl sites for hydroxylation is 2. The van der Waals surface area contributed by atoms with Gasteiger partial charge in [-0.3, -0.25) is 14.7 Å². The van der Waals surface area contributed by atoms with Gasteiger partial charge in [0, 0.05) is 17.3 Å². The Morgan fingerprint density at radius 1 is 1.12 bits per heavy atom. The van der Waals surface area contributed by atoms with Crippen molar-refractivity contribution < 1.29 is 4.79 Å². The maximum atomic E-state index is 13.0. The van der Waals surface area contributed by atoms with Gasteiger partial charge in [-0.2, -0.15) is 0 Å². The monoisotopic (exact) mass is 320 g/mol. The maximum absolute atomic E-state index is 13.0. The minimum atomic E-state index is 0.0443. The van der Waals surface area contributed by atoms with Crippen LogP contribution in [0, 0.1) is 13.8 Å². The minimum Gasteiger partial charge on any atom is -0.275 e. The molecule has 1 aliphatic rings. The smallest absolute Gasteiger partial charge is 0.263 e. The van der Waals surface area contributed by atoms with E-state index in [0.29, 0.717) is 0 Å². The summed E-state index contributed by atoms with van der Waals surface area (Å²) < 4.78 is 0. The second-order valence-corrected chi connectivity index (χ2v) is 6.42. The number of hydrogen-bond donors (Lipinski definition) is 0. The summed E-state index contributed by atoms with van der Waals surface area (Å²) in [5.74, 6) is 0.0443. The number of carbonyl (C=O) groups is 1. The highest BCUT2D eigenvalue weighted by Gasteiger charge is 2.33. The molecule has 124 valence electrons. The number of allylic oxidation sites excluding steroid dienone is 1. The number of hydrogen-bond acceptors (Lipinski definition) is 2. The lowest BCUT2D eigenvalue weighted by Gasteiger charge is -2.18. The van der Waals surface area contributed by atoms with Crippen LogP contribution in [0.1, 0.15) is 59.7 Å². The van der Waals surface area contributed by atoms with Crippen molar-refractivity contribution in [3.63, 3.8) is 0 Å².